The molecular formula is C9H5O2+. The monoisotopic (exact) mass is 145 g/mol. The lowest BCUT2D eigenvalue weighted by Gasteiger charge is -1.87. The van der Waals surface area contributed by atoms with Crippen LogP contribution >= 0.6 is 0 Å². The van der Waals surface area contributed by atoms with E-state index in [9.17, 15) is 4.79 Å². The summed E-state index contributed by atoms with van der Waals surface area (Å²) in [5.74, 6) is 0.703. The zero-order chi connectivity index (χ0) is 7.68. The number of fused-ring (bicyclic) bond motifs is 1. The van der Waals surface area contributed by atoms with Crippen molar-refractivity contribution < 1.29 is 9.53 Å². The van der Waals surface area contributed by atoms with Crippen LogP contribution in [0.25, 0.3) is 6.08 Å². The van der Waals surface area contributed by atoms with Crippen LogP contribution in [0.4, 0.5) is 0 Å². The van der Waals surface area contributed by atoms with Crippen LogP contribution in [-0.2, 0) is 0 Å². The van der Waals surface area contributed by atoms with Crippen molar-refractivity contribution in [3.63, 3.8) is 0 Å². The number of hydrogen-bond acceptors (Lipinski definition) is 2. The van der Waals surface area contributed by atoms with Crippen molar-refractivity contribution in [1.82, 2.24) is 0 Å². The predicted molar refractivity (Wildman–Crippen MR) is 40.2 cm³/mol. The van der Waals surface area contributed by atoms with Crippen LogP contribution in [0.1, 0.15) is 15.9 Å². The minimum atomic E-state index is 0.646. The van der Waals surface area contributed by atoms with E-state index in [2.05, 4.69) is 6.26 Å². The molecule has 2 nitrogen and oxygen atoms in total. The Balaban J connectivity index is 2.66. The van der Waals surface area contributed by atoms with Gasteiger partial charge in [-0.25, -0.2) is 0 Å². The fourth-order valence-electron chi connectivity index (χ4n) is 1.06. The maximum atomic E-state index is 10.5. The van der Waals surface area contributed by atoms with Gasteiger partial charge in [0.1, 0.15) is 0 Å². The van der Waals surface area contributed by atoms with Gasteiger partial charge in [-0.1, -0.05) is 0 Å². The van der Waals surface area contributed by atoms with Crippen LogP contribution in [0.5, 0.6) is 5.75 Å². The van der Waals surface area contributed by atoms with Crippen molar-refractivity contribution in [3.05, 3.63) is 35.6 Å². The van der Waals surface area contributed by atoms with E-state index in [1.807, 2.05) is 0 Å². The summed E-state index contributed by atoms with van der Waals surface area (Å²) in [5.41, 5.74) is 1.47. The fraction of sp³-hybridized carbons (Fsp3) is 0. The zero-order valence-electron chi connectivity index (χ0n) is 5.70. The molecule has 1 aliphatic rings. The lowest BCUT2D eigenvalue weighted by Crippen LogP contribution is -1.85. The minimum Gasteiger partial charge on any atom is -0.296 e. The topological polar surface area (TPSA) is 26.3 Å². The average molecular weight is 145 g/mol. The Morgan fingerprint density at radius 1 is 1.45 bits per heavy atom. The number of ether oxygens (including phenoxy) is 1. The molecule has 0 N–H and O–H groups in total. The smallest absolute Gasteiger partial charge is 0.296 e. The first-order valence-electron chi connectivity index (χ1n) is 3.25. The molecule has 0 fully saturated rings. The van der Waals surface area contributed by atoms with E-state index in [1.165, 1.54) is 0 Å². The molecule has 0 aromatic heterocycles. The Morgan fingerprint density at radius 2 is 2.36 bits per heavy atom. The summed E-state index contributed by atoms with van der Waals surface area (Å²) in [6.07, 6.45) is 5.06. The molecule has 52 valence electrons. The highest BCUT2D eigenvalue weighted by Gasteiger charge is 2.22. The predicted octanol–water partition coefficient (Wildman–Crippen LogP) is 1.67. The Bertz CT molecular complexity index is 326. The molecule has 0 saturated heterocycles. The highest BCUT2D eigenvalue weighted by molar-refractivity contribution is 5.84. The van der Waals surface area contributed by atoms with E-state index in [1.54, 1.807) is 24.3 Å². The van der Waals surface area contributed by atoms with Gasteiger partial charge in [0, 0.05) is 0 Å². The molecule has 1 aliphatic heterocycles. The highest BCUT2D eigenvalue weighted by Crippen LogP contribution is 2.27. The van der Waals surface area contributed by atoms with Gasteiger partial charge >= 0.3 is 0 Å². The molecule has 0 amide bonds. The molecule has 11 heavy (non-hydrogen) atoms. The average Bonchev–Trinajstić information content (AvgIpc) is 2.50. The lowest BCUT2D eigenvalue weighted by atomic mass is 10.1. The number of hydrogen-bond donors (Lipinski definition) is 0. The van der Waals surface area contributed by atoms with Gasteiger partial charge in [-0.05, 0) is 12.1 Å². The zero-order valence-corrected chi connectivity index (χ0v) is 5.70. The molecule has 0 unspecified atom stereocenters. The van der Waals surface area contributed by atoms with Gasteiger partial charge in [-0.2, -0.15) is 0 Å². The van der Waals surface area contributed by atoms with Crippen LogP contribution in [0.15, 0.2) is 18.2 Å². The normalized spacial score (nSPS) is 11.6. The summed E-state index contributed by atoms with van der Waals surface area (Å²) < 4.78 is 4.98. The van der Waals surface area contributed by atoms with Gasteiger partial charge in [0.25, 0.3) is 5.75 Å². The third-order valence-electron chi connectivity index (χ3n) is 1.60. The number of carbonyl (C=O) groups is 1. The molecule has 2 heteroatoms. The van der Waals surface area contributed by atoms with Gasteiger partial charge < -0.3 is 0 Å². The molecule has 1 heterocycles. The summed E-state index contributed by atoms with van der Waals surface area (Å²) in [4.78, 5) is 10.5. The van der Waals surface area contributed by atoms with E-state index in [-0.39, 0.29) is 0 Å². The number of rotatable bonds is 1. The Hall–Kier alpha value is -1.66. The van der Waals surface area contributed by atoms with Crippen molar-refractivity contribution in [2.75, 3.05) is 0 Å². The second-order valence-electron chi connectivity index (χ2n) is 2.24. The molecule has 1 aromatic carbocycles. The lowest BCUT2D eigenvalue weighted by molar-refractivity contribution is 0.112. The summed E-state index contributed by atoms with van der Waals surface area (Å²) in [5, 5.41) is 0. The van der Waals surface area contributed by atoms with Gasteiger partial charge in [0.15, 0.2) is 17.9 Å². The van der Waals surface area contributed by atoms with Gasteiger partial charge in [0.05, 0.1) is 11.6 Å². The maximum absolute atomic E-state index is 10.5. The van der Waals surface area contributed by atoms with Crippen LogP contribution in [0, 0.1) is 6.26 Å². The maximum Gasteiger partial charge on any atom is 0.300 e. The SMILES string of the molecule is O=Cc1cccc2c1C=[C+]O2. The Kier molecular flexibility index (Phi) is 1.21. The molecule has 1 aromatic rings. The molecule has 0 radical (unpaired) electrons. The van der Waals surface area contributed by atoms with E-state index in [4.69, 9.17) is 4.74 Å². The van der Waals surface area contributed by atoms with Crippen LogP contribution in [-0.4, -0.2) is 6.29 Å². The van der Waals surface area contributed by atoms with E-state index in [0.29, 0.717) is 11.3 Å². The standard InChI is InChI=1S/C9H5O2/c10-6-7-2-1-3-9-8(7)4-5-11-9/h1-4,6H/q+1. The second-order valence-corrected chi connectivity index (χ2v) is 2.24. The molecule has 0 atom stereocenters. The minimum absolute atomic E-state index is 0.646. The fourth-order valence-corrected chi connectivity index (χ4v) is 1.06. The summed E-state index contributed by atoms with van der Waals surface area (Å²) in [7, 11) is 0. The first kappa shape index (κ1) is 6.08. The molecule has 2 rings (SSSR count). The van der Waals surface area contributed by atoms with Gasteiger partial charge in [-0.3, -0.25) is 9.53 Å². The van der Waals surface area contributed by atoms with Crippen molar-refractivity contribution >= 4 is 12.4 Å². The van der Waals surface area contributed by atoms with E-state index < -0.39 is 0 Å². The van der Waals surface area contributed by atoms with Gasteiger partial charge in [-0.15, -0.1) is 0 Å². The largest absolute Gasteiger partial charge is 0.300 e. The first-order valence-corrected chi connectivity index (χ1v) is 3.25. The molecular weight excluding hydrogens is 140 g/mol. The molecule has 0 saturated carbocycles. The Morgan fingerprint density at radius 3 is 3.18 bits per heavy atom. The van der Waals surface area contributed by atoms with Crippen molar-refractivity contribution in [2.45, 2.75) is 0 Å². The van der Waals surface area contributed by atoms with E-state index >= 15 is 0 Å². The molecule has 0 bridgehead atoms. The first-order chi connectivity index (χ1) is 5.42. The third kappa shape index (κ3) is 0.810. The highest BCUT2D eigenvalue weighted by atomic mass is 16.5. The summed E-state index contributed by atoms with van der Waals surface area (Å²) in [6.45, 7) is 0. The third-order valence-corrected chi connectivity index (χ3v) is 1.60. The quantitative estimate of drug-likeness (QED) is 0.443. The van der Waals surface area contributed by atoms with Crippen molar-refractivity contribution in [2.24, 2.45) is 0 Å². The van der Waals surface area contributed by atoms with Crippen LogP contribution < -0.4 is 4.74 Å². The Labute approximate surface area is 64.1 Å². The summed E-state index contributed by atoms with van der Waals surface area (Å²) in [6, 6.07) is 5.33. The number of benzene rings is 1. The summed E-state index contributed by atoms with van der Waals surface area (Å²) >= 11 is 0. The molecule has 0 spiro atoms. The van der Waals surface area contributed by atoms with Crippen LogP contribution in [0.3, 0.4) is 0 Å². The molecule has 0 aliphatic carbocycles. The second kappa shape index (κ2) is 2.19. The number of carbonyl (C=O) groups excluding carboxylic acids is 1. The number of aldehydes is 1. The van der Waals surface area contributed by atoms with Gasteiger partial charge in [0.2, 0.25) is 6.26 Å². The van der Waals surface area contributed by atoms with Crippen molar-refractivity contribution in [1.29, 1.82) is 0 Å². The van der Waals surface area contributed by atoms with Crippen molar-refractivity contribution in [3.8, 4) is 5.75 Å². The van der Waals surface area contributed by atoms with Crippen LogP contribution in [0.2, 0.25) is 0 Å². The van der Waals surface area contributed by atoms with E-state index in [0.717, 1.165) is 11.8 Å².